The van der Waals surface area contributed by atoms with Gasteiger partial charge >= 0.3 is 0 Å². The Bertz CT molecular complexity index is 1640. The summed E-state index contributed by atoms with van der Waals surface area (Å²) in [6.45, 7) is 56.3. The molecule has 1 atom stereocenters. The Morgan fingerprint density at radius 2 is 0.500 bits per heavy atom. The van der Waals surface area contributed by atoms with E-state index in [0.29, 0.717) is 5.92 Å². The number of rotatable bonds is 10. The minimum absolute atomic E-state index is 0.411. The van der Waals surface area contributed by atoms with Gasteiger partial charge in [0.05, 0.1) is 48.4 Å². The lowest BCUT2D eigenvalue weighted by Gasteiger charge is -2.42. The number of allylic oxidation sites excluding steroid dienone is 4. The first kappa shape index (κ1) is 43.4. The highest BCUT2D eigenvalue weighted by molar-refractivity contribution is 7.17. The van der Waals surface area contributed by atoms with Gasteiger partial charge in [-0.25, -0.2) is 0 Å². The Hall–Kier alpha value is -1.34. The van der Waals surface area contributed by atoms with Crippen molar-refractivity contribution in [1.82, 2.24) is 0 Å². The summed E-state index contributed by atoms with van der Waals surface area (Å²) in [5.41, 5.74) is 4.69. The Balaban J connectivity index is 2.53. The largest absolute Gasteiger partial charge is 0.176 e. The van der Waals surface area contributed by atoms with Gasteiger partial charge in [-0.3, -0.25) is 0 Å². The van der Waals surface area contributed by atoms with Crippen LogP contribution in [0.25, 0.3) is 0 Å². The van der Waals surface area contributed by atoms with Gasteiger partial charge in [0.1, 0.15) is 0 Å². The van der Waals surface area contributed by atoms with Gasteiger partial charge in [0.25, 0.3) is 0 Å². The van der Waals surface area contributed by atoms with Gasteiger partial charge < -0.3 is 0 Å². The second-order valence-corrected chi connectivity index (χ2v) is 57.0. The Kier molecular flexibility index (Phi) is 11.7. The number of hydrogen-bond acceptors (Lipinski definition) is 0. The molecule has 1 aliphatic rings. The fourth-order valence-corrected chi connectivity index (χ4v) is 22.2. The second-order valence-electron chi connectivity index (χ2n) is 22.7. The molecule has 0 bridgehead atoms. The summed E-state index contributed by atoms with van der Waals surface area (Å²) in [6, 6.07) is 24.8. The zero-order valence-corrected chi connectivity index (χ0v) is 44.8. The van der Waals surface area contributed by atoms with Gasteiger partial charge in [-0.1, -0.05) is 227 Å². The third-order valence-corrected chi connectivity index (χ3v) is 29.5. The molecule has 284 valence electrons. The van der Waals surface area contributed by atoms with Gasteiger partial charge in [0, 0.05) is 0 Å². The third-order valence-electron chi connectivity index (χ3n) is 12.3. The van der Waals surface area contributed by atoms with Crippen LogP contribution in [0.1, 0.15) is 27.7 Å². The van der Waals surface area contributed by atoms with Crippen LogP contribution in [0, 0.1) is 5.92 Å². The van der Waals surface area contributed by atoms with Crippen molar-refractivity contribution in [1.29, 1.82) is 0 Å². The fourth-order valence-electron chi connectivity index (χ4n) is 8.07. The van der Waals surface area contributed by atoms with Crippen molar-refractivity contribution in [3.8, 4) is 0 Å². The van der Waals surface area contributed by atoms with Crippen LogP contribution in [0.15, 0.2) is 76.5 Å². The molecule has 1 aliphatic carbocycles. The maximum atomic E-state index is 2.79. The van der Waals surface area contributed by atoms with E-state index in [0.717, 1.165) is 0 Å². The topological polar surface area (TPSA) is 0 Å². The number of benzene rings is 3. The van der Waals surface area contributed by atoms with Crippen molar-refractivity contribution >= 4 is 103 Å². The molecule has 3 aromatic carbocycles. The summed E-state index contributed by atoms with van der Waals surface area (Å²) in [6.07, 6.45) is 0. The van der Waals surface area contributed by atoms with Gasteiger partial charge in [0.15, 0.2) is 8.07 Å². The molecule has 0 amide bonds. The van der Waals surface area contributed by atoms with Crippen molar-refractivity contribution in [3.05, 3.63) is 76.5 Å². The van der Waals surface area contributed by atoms with Crippen LogP contribution < -0.4 is 46.7 Å². The maximum Gasteiger partial charge on any atom is 0.176 e. The molecule has 7 heteroatoms. The van der Waals surface area contributed by atoms with Crippen LogP contribution in [-0.4, -0.2) is 56.5 Å². The Labute approximate surface area is 329 Å². The molecule has 1 unspecified atom stereocenters. The molecule has 0 spiro atoms. The molecule has 0 aromatic heterocycles. The fraction of sp³-hybridized carbons (Fsp3) is 0.511. The zero-order chi connectivity index (χ0) is 39.9. The van der Waals surface area contributed by atoms with Crippen molar-refractivity contribution in [2.24, 2.45) is 5.92 Å². The molecular formula is C45H76Si7. The van der Waals surface area contributed by atoms with E-state index in [-0.39, 0.29) is 0 Å². The van der Waals surface area contributed by atoms with E-state index in [4.69, 9.17) is 0 Å². The molecular weight excluding hydrogens is 737 g/mol. The molecule has 0 saturated heterocycles. The standard InChI is InChI=1S/C45H76Si7/c1-32-33(2)35(4)45(34(32)3)52(42-26-36(46(5,6)7)23-37(27-42)47(8,9)10,43-28-38(48(11,12)13)24-39(29-43)49(14,15)16)44-30-40(50(17,18)19)25-41(31-44)51(20,21)22/h23-31,34H,1-22H3. The minimum Gasteiger partial charge on any atom is -0.0656 e. The smallest absolute Gasteiger partial charge is 0.0656 e. The van der Waals surface area contributed by atoms with E-state index in [9.17, 15) is 0 Å². The Morgan fingerprint density at radius 1 is 0.308 bits per heavy atom. The van der Waals surface area contributed by atoms with E-state index in [1.165, 1.54) is 5.57 Å². The lowest BCUT2D eigenvalue weighted by atomic mass is 10.1. The highest BCUT2D eigenvalue weighted by Crippen LogP contribution is 2.41. The van der Waals surface area contributed by atoms with Crippen LogP contribution in [0.3, 0.4) is 0 Å². The number of hydrogen-bond donors (Lipinski definition) is 0. The first-order valence-electron chi connectivity index (χ1n) is 20.1. The van der Waals surface area contributed by atoms with Crippen LogP contribution in [0.4, 0.5) is 0 Å². The average Bonchev–Trinajstić information content (AvgIpc) is 3.17. The first-order valence-corrected chi connectivity index (χ1v) is 43.1. The van der Waals surface area contributed by atoms with Gasteiger partial charge in [-0.05, 0) is 47.8 Å². The van der Waals surface area contributed by atoms with Crippen LogP contribution in [-0.2, 0) is 0 Å². The lowest BCUT2D eigenvalue weighted by molar-refractivity contribution is 0.851. The van der Waals surface area contributed by atoms with Crippen LogP contribution >= 0.6 is 0 Å². The summed E-state index contributed by atoms with van der Waals surface area (Å²) in [4.78, 5) is 0. The summed E-state index contributed by atoms with van der Waals surface area (Å²) in [5, 5.41) is 16.6. The predicted molar refractivity (Wildman–Crippen MR) is 262 cm³/mol. The van der Waals surface area contributed by atoms with E-state index in [1.54, 1.807) is 63.0 Å². The van der Waals surface area contributed by atoms with Gasteiger partial charge in [-0.2, -0.15) is 0 Å². The molecule has 3 aromatic rings. The summed E-state index contributed by atoms with van der Waals surface area (Å²) in [7, 11) is -12.9. The van der Waals surface area contributed by atoms with E-state index in [1.807, 2.05) is 0 Å². The molecule has 52 heavy (non-hydrogen) atoms. The highest BCUT2D eigenvalue weighted by Gasteiger charge is 2.50. The molecule has 4 rings (SSSR count). The molecule has 0 nitrogen and oxygen atoms in total. The quantitative estimate of drug-likeness (QED) is 0.143. The van der Waals surface area contributed by atoms with Crippen molar-refractivity contribution in [2.45, 2.75) is 146 Å². The maximum absolute atomic E-state index is 2.89. The predicted octanol–water partition coefficient (Wildman–Crippen LogP) is 8.27. The zero-order valence-electron chi connectivity index (χ0n) is 37.8. The van der Waals surface area contributed by atoms with Crippen LogP contribution in [0.2, 0.25) is 118 Å². The average molecular weight is 814 g/mol. The third kappa shape index (κ3) is 8.41. The second kappa shape index (κ2) is 14.0. The van der Waals surface area contributed by atoms with E-state index >= 15 is 0 Å². The summed E-state index contributed by atoms with van der Waals surface area (Å²) < 4.78 is 0. The molecule has 0 aliphatic heterocycles. The summed E-state index contributed by atoms with van der Waals surface area (Å²) >= 11 is 0. The normalized spacial score (nSPS) is 17.1. The highest BCUT2D eigenvalue weighted by atomic mass is 28.3. The van der Waals surface area contributed by atoms with Crippen molar-refractivity contribution in [3.63, 3.8) is 0 Å². The monoisotopic (exact) mass is 812 g/mol. The summed E-state index contributed by atoms with van der Waals surface area (Å²) in [5.74, 6) is 0.411. The van der Waals surface area contributed by atoms with Crippen molar-refractivity contribution < 1.29 is 0 Å². The van der Waals surface area contributed by atoms with E-state index < -0.39 is 56.5 Å². The van der Waals surface area contributed by atoms with Gasteiger partial charge in [0.2, 0.25) is 0 Å². The molecule has 0 saturated carbocycles. The van der Waals surface area contributed by atoms with Crippen molar-refractivity contribution in [2.75, 3.05) is 0 Å². The SMILES string of the molecule is CC1=C(C)C(C)C([Si](c2cc([Si](C)(C)C)cc([Si](C)(C)C)c2)(c2cc([Si](C)(C)C)cc([Si](C)(C)C)c2)c2cc([Si](C)(C)C)cc([Si](C)(C)C)c2)=C1C. The first-order chi connectivity index (χ1) is 23.2. The molecule has 0 fully saturated rings. The molecule has 0 heterocycles. The minimum atomic E-state index is -2.89. The van der Waals surface area contributed by atoms with Crippen LogP contribution in [0.5, 0.6) is 0 Å². The molecule has 0 radical (unpaired) electrons. The molecule has 0 N–H and O–H groups in total. The Morgan fingerprint density at radius 3 is 0.654 bits per heavy atom. The lowest BCUT2D eigenvalue weighted by Crippen LogP contribution is -2.73. The van der Waals surface area contributed by atoms with E-state index in [2.05, 4.69) is 200 Å². The van der Waals surface area contributed by atoms with Gasteiger partial charge in [-0.15, -0.1) is 0 Å².